The molecule has 22 atom stereocenters. The Morgan fingerprint density at radius 3 is 1.68 bits per heavy atom. The summed E-state index contributed by atoms with van der Waals surface area (Å²) in [5, 5.41) is 112. The summed E-state index contributed by atoms with van der Waals surface area (Å²) < 4.78 is 47.2. The first-order chi connectivity index (χ1) is 26.3. The van der Waals surface area contributed by atoms with Gasteiger partial charge in [0.2, 0.25) is 11.8 Å². The second-order valence-corrected chi connectivity index (χ2v) is 14.9. The van der Waals surface area contributed by atoms with Crippen LogP contribution in [0.2, 0.25) is 0 Å². The molecule has 0 saturated carbocycles. The predicted molar refractivity (Wildman–Crippen MR) is 184 cm³/mol. The highest BCUT2D eigenvalue weighted by molar-refractivity contribution is 5.73. The van der Waals surface area contributed by atoms with Crippen LogP contribution in [0.25, 0.3) is 0 Å². The van der Waals surface area contributed by atoms with Crippen molar-refractivity contribution in [3.8, 4) is 0 Å². The van der Waals surface area contributed by atoms with Crippen LogP contribution in [-0.2, 0) is 47.5 Å². The lowest BCUT2D eigenvalue weighted by Crippen LogP contribution is -2.64. The number of rotatable bonds is 15. The molecule has 0 radical (unpaired) electrons. The van der Waals surface area contributed by atoms with E-state index in [0.29, 0.717) is 0 Å². The molecule has 4 fully saturated rings. The van der Waals surface area contributed by atoms with Gasteiger partial charge in [0.25, 0.3) is 0 Å². The average Bonchev–Trinajstić information content (AvgIpc) is 3.12. The van der Waals surface area contributed by atoms with Crippen molar-refractivity contribution in [3.63, 3.8) is 0 Å². The summed E-state index contributed by atoms with van der Waals surface area (Å²) in [7, 11) is 0. The van der Waals surface area contributed by atoms with Gasteiger partial charge in [-0.05, 0) is 27.7 Å². The molecule has 4 heterocycles. The van der Waals surface area contributed by atoms with Crippen LogP contribution in [0.15, 0.2) is 0 Å². The third-order valence-corrected chi connectivity index (χ3v) is 10.4. The van der Waals surface area contributed by atoms with E-state index in [1.165, 1.54) is 34.6 Å². The number of carbonyl (C=O) groups excluding carboxylic acids is 2. The van der Waals surface area contributed by atoms with Crippen molar-refractivity contribution < 1.29 is 98.5 Å². The maximum Gasteiger partial charge on any atom is 0.217 e. The maximum atomic E-state index is 11.9. The van der Waals surface area contributed by atoms with Gasteiger partial charge in [0, 0.05) is 26.7 Å². The van der Waals surface area contributed by atoms with Crippen LogP contribution in [0, 0.1) is 0 Å². The Hall–Kier alpha value is -1.78. The van der Waals surface area contributed by atoms with Crippen molar-refractivity contribution in [3.05, 3.63) is 0 Å². The van der Waals surface area contributed by atoms with Gasteiger partial charge in [-0.1, -0.05) is 0 Å². The fourth-order valence-electron chi connectivity index (χ4n) is 7.28. The van der Waals surface area contributed by atoms with E-state index in [1.807, 2.05) is 0 Å². The lowest BCUT2D eigenvalue weighted by Gasteiger charge is -2.47. The van der Waals surface area contributed by atoms with Crippen molar-refractivity contribution in [2.24, 2.45) is 0 Å². The lowest BCUT2D eigenvalue weighted by atomic mass is 9.96. The quantitative estimate of drug-likeness (QED) is 0.0732. The van der Waals surface area contributed by atoms with Crippen molar-refractivity contribution in [1.82, 2.24) is 10.6 Å². The van der Waals surface area contributed by atoms with E-state index in [9.17, 15) is 60.7 Å². The Bertz CT molecular complexity index is 1250. The van der Waals surface area contributed by atoms with Gasteiger partial charge in [-0.3, -0.25) is 9.59 Å². The first kappa shape index (κ1) is 46.9. The minimum atomic E-state index is -1.92. The van der Waals surface area contributed by atoms with E-state index in [1.54, 1.807) is 6.92 Å². The fourth-order valence-corrected chi connectivity index (χ4v) is 7.28. The number of hydrogen-bond acceptors (Lipinski definition) is 20. The minimum Gasteiger partial charge on any atom is -0.394 e. The molecule has 0 aromatic rings. The highest BCUT2D eigenvalue weighted by Gasteiger charge is 2.52. The number of nitrogens with one attached hydrogen (secondary N) is 2. The number of carbonyl (C=O) groups is 2. The summed E-state index contributed by atoms with van der Waals surface area (Å²) in [6.07, 6.45) is -29.4. The second kappa shape index (κ2) is 20.5. The topological polar surface area (TPSA) is 334 Å². The molecule has 4 aliphatic rings. The van der Waals surface area contributed by atoms with E-state index in [4.69, 9.17) is 37.9 Å². The molecule has 0 bridgehead atoms. The van der Waals surface area contributed by atoms with Gasteiger partial charge in [-0.2, -0.15) is 0 Å². The molecule has 0 unspecified atom stereocenters. The number of amides is 2. The Kier molecular flexibility index (Phi) is 17.1. The standard InChI is InChI=1S/C34H60N2O20/c1-11(39)30(56-34-29(48)32(25(44)14(4)51-34)55-22-8-18(36-16(6)41)24(43)13(3)50-22)31(54-21-7-17(35-15(5)40)23(42)12(2)49-21)20(10-38)53-33-28(47)27(46)26(45)19(9-37)52-33/h11-14,17-34,37-39,42-48H,7-10H2,1-6H3,(H,35,40)(H,36,41)/t11-,12-,13-,14-,17-,18-,19-,20+,21+,22+,23-,24-,25-,26-,27+,28-,29-,30-,31-,32+,33+,34+/m1/s1. The fraction of sp³-hybridized carbons (Fsp3) is 0.941. The highest BCUT2D eigenvalue weighted by Crippen LogP contribution is 2.33. The molecule has 22 nitrogen and oxygen atoms in total. The van der Waals surface area contributed by atoms with Gasteiger partial charge in [0.15, 0.2) is 25.2 Å². The van der Waals surface area contributed by atoms with E-state index < -0.39 is 160 Å². The first-order valence-electron chi connectivity index (χ1n) is 18.7. The summed E-state index contributed by atoms with van der Waals surface area (Å²) in [6.45, 7) is 6.56. The monoisotopic (exact) mass is 816 g/mol. The minimum absolute atomic E-state index is 0.0601. The molecule has 0 aromatic heterocycles. The van der Waals surface area contributed by atoms with Gasteiger partial charge in [0.1, 0.15) is 73.2 Å². The molecule has 0 aliphatic carbocycles. The summed E-state index contributed by atoms with van der Waals surface area (Å²) in [5.74, 6) is -0.878. The third-order valence-electron chi connectivity index (χ3n) is 10.4. The molecule has 22 heteroatoms. The number of aliphatic hydroxyl groups excluding tert-OH is 10. The average molecular weight is 817 g/mol. The third kappa shape index (κ3) is 11.3. The molecular formula is C34H60N2O20. The molecule has 0 spiro atoms. The summed E-state index contributed by atoms with van der Waals surface area (Å²) in [5.41, 5.74) is 0. The van der Waals surface area contributed by atoms with Crippen LogP contribution < -0.4 is 10.6 Å². The SMILES string of the molecule is CC(=O)N[C@@H]1C[C@H](O[C@@H]2[C@@H](O)[C@H](O[C@@H]([C@H](O[C@H]3C[C@@H](NC(C)=O)[C@H](O)[C@@H](C)O3)[C@H](CO)O[C@@H]3O[C@H](CO)[C@@H](O)[C@H](O)[C@H]3O)[C@@H](C)O)O[C@H](C)[C@H]2O)O[C@H](C)[C@H]1O. The highest BCUT2D eigenvalue weighted by atomic mass is 16.8. The van der Waals surface area contributed by atoms with Crippen LogP contribution in [-0.4, -0.2) is 211 Å². The Morgan fingerprint density at radius 2 is 1.16 bits per heavy atom. The van der Waals surface area contributed by atoms with E-state index in [-0.39, 0.29) is 12.8 Å². The Balaban J connectivity index is 1.63. The molecule has 4 saturated heterocycles. The molecule has 4 aliphatic heterocycles. The maximum absolute atomic E-state index is 11.9. The van der Waals surface area contributed by atoms with Gasteiger partial charge in [-0.15, -0.1) is 0 Å². The summed E-state index contributed by atoms with van der Waals surface area (Å²) >= 11 is 0. The summed E-state index contributed by atoms with van der Waals surface area (Å²) in [6, 6.07) is -1.67. The van der Waals surface area contributed by atoms with Gasteiger partial charge in [-0.25, -0.2) is 0 Å². The van der Waals surface area contributed by atoms with E-state index in [2.05, 4.69) is 10.6 Å². The number of hydrogen-bond donors (Lipinski definition) is 12. The lowest BCUT2D eigenvalue weighted by molar-refractivity contribution is -0.363. The van der Waals surface area contributed by atoms with E-state index in [0.717, 1.165) is 0 Å². The molecule has 326 valence electrons. The van der Waals surface area contributed by atoms with Crippen molar-refractivity contribution in [1.29, 1.82) is 0 Å². The van der Waals surface area contributed by atoms with Gasteiger partial charge >= 0.3 is 0 Å². The summed E-state index contributed by atoms with van der Waals surface area (Å²) in [4.78, 5) is 23.7. The largest absolute Gasteiger partial charge is 0.394 e. The molecule has 56 heavy (non-hydrogen) atoms. The normalized spacial score (nSPS) is 44.3. The van der Waals surface area contributed by atoms with Crippen LogP contribution >= 0.6 is 0 Å². The van der Waals surface area contributed by atoms with Crippen LogP contribution in [0.4, 0.5) is 0 Å². The number of ether oxygens (including phenoxy) is 8. The van der Waals surface area contributed by atoms with Crippen LogP contribution in [0.3, 0.4) is 0 Å². The molecule has 4 rings (SSSR count). The van der Waals surface area contributed by atoms with Crippen LogP contribution in [0.1, 0.15) is 54.4 Å². The second-order valence-electron chi connectivity index (χ2n) is 14.9. The zero-order valence-corrected chi connectivity index (χ0v) is 32.1. The Labute approximate surface area is 323 Å². The predicted octanol–water partition coefficient (Wildman–Crippen LogP) is -5.83. The molecule has 0 aromatic carbocycles. The van der Waals surface area contributed by atoms with Crippen molar-refractivity contribution in [2.45, 2.75) is 189 Å². The zero-order chi connectivity index (χ0) is 41.8. The first-order valence-corrected chi connectivity index (χ1v) is 18.7. The van der Waals surface area contributed by atoms with Crippen molar-refractivity contribution >= 4 is 11.8 Å². The van der Waals surface area contributed by atoms with Crippen molar-refractivity contribution in [2.75, 3.05) is 13.2 Å². The molecular weight excluding hydrogens is 756 g/mol. The molecule has 12 N–H and O–H groups in total. The van der Waals surface area contributed by atoms with Crippen LogP contribution in [0.5, 0.6) is 0 Å². The van der Waals surface area contributed by atoms with Gasteiger partial charge < -0.3 is 99.6 Å². The molecule has 2 amide bonds. The zero-order valence-electron chi connectivity index (χ0n) is 32.1. The Morgan fingerprint density at radius 1 is 0.643 bits per heavy atom. The number of aliphatic hydroxyl groups is 10. The smallest absolute Gasteiger partial charge is 0.217 e. The van der Waals surface area contributed by atoms with Gasteiger partial charge in [0.05, 0.1) is 49.7 Å². The van der Waals surface area contributed by atoms with E-state index >= 15 is 0 Å².